The van der Waals surface area contributed by atoms with Crippen molar-refractivity contribution in [1.29, 1.82) is 0 Å². The lowest BCUT2D eigenvalue weighted by Crippen LogP contribution is -2.55. The van der Waals surface area contributed by atoms with Crippen LogP contribution in [0.3, 0.4) is 0 Å². The summed E-state index contributed by atoms with van der Waals surface area (Å²) < 4.78 is 11.2. The predicted octanol–water partition coefficient (Wildman–Crippen LogP) is 5.44. The Hall–Kier alpha value is -3.31. The molecule has 5 heteroatoms. The Balaban J connectivity index is 1.41. The molecule has 0 amide bonds. The first kappa shape index (κ1) is 22.5. The third kappa shape index (κ3) is 4.80. The van der Waals surface area contributed by atoms with Crippen molar-refractivity contribution in [3.8, 4) is 16.9 Å². The number of nitrogens with zero attached hydrogens (tertiary/aromatic N) is 1. The van der Waals surface area contributed by atoms with Gasteiger partial charge in [0.05, 0.1) is 0 Å². The number of nitrogens with two attached hydrogens (primary N) is 1. The third-order valence-electron chi connectivity index (χ3n) is 7.23. The fourth-order valence-corrected chi connectivity index (χ4v) is 5.42. The summed E-state index contributed by atoms with van der Waals surface area (Å²) in [5, 5.41) is 0. The van der Waals surface area contributed by atoms with E-state index < -0.39 is 0 Å². The number of para-hydroxylation sites is 1. The molecule has 0 bridgehead atoms. The van der Waals surface area contributed by atoms with Gasteiger partial charge in [-0.2, -0.15) is 0 Å². The number of anilines is 1. The summed E-state index contributed by atoms with van der Waals surface area (Å²) in [7, 11) is 0. The van der Waals surface area contributed by atoms with E-state index in [-0.39, 0.29) is 6.61 Å². The number of carbonyl (C=O) groups excluding carboxylic acids is 1. The van der Waals surface area contributed by atoms with Crippen LogP contribution in [0.1, 0.15) is 42.4 Å². The van der Waals surface area contributed by atoms with Crippen LogP contribution in [0, 0.1) is 5.41 Å². The van der Waals surface area contributed by atoms with Crippen LogP contribution in [-0.2, 0) is 29.3 Å². The summed E-state index contributed by atoms with van der Waals surface area (Å²) in [6, 6.07) is 22.9. The summed E-state index contributed by atoms with van der Waals surface area (Å²) in [5.74, 6) is 0.732. The number of carbonyl (C=O) groups is 1. The van der Waals surface area contributed by atoms with E-state index in [1.807, 2.05) is 24.3 Å². The minimum absolute atomic E-state index is 0.201. The van der Waals surface area contributed by atoms with Crippen LogP contribution in [-0.4, -0.2) is 19.6 Å². The molecular formula is C29H32N2O3. The smallest absolute Gasteiger partial charge is 0.293 e. The van der Waals surface area contributed by atoms with Crippen molar-refractivity contribution < 1.29 is 14.3 Å². The van der Waals surface area contributed by atoms with E-state index >= 15 is 0 Å². The van der Waals surface area contributed by atoms with Crippen molar-refractivity contribution in [1.82, 2.24) is 0 Å². The van der Waals surface area contributed by atoms with Crippen molar-refractivity contribution in [3.05, 3.63) is 83.4 Å². The summed E-state index contributed by atoms with van der Waals surface area (Å²) in [5.41, 5.74) is 13.1. The van der Waals surface area contributed by atoms with Crippen LogP contribution in [0.4, 0.5) is 5.69 Å². The Bertz CT molecular complexity index is 1150. The highest BCUT2D eigenvalue weighted by Crippen LogP contribution is 2.47. The standard InChI is InChI=1S/C29H32N2O3/c30-16-22-6-5-8-24(12-22)26-13-23(17-34-28-9-2-1-7-25(28)18-33-21-32)14-27(15-26)31-19-29(20-31)10-3-4-11-29/h1-2,5-9,12-15,21H,3-4,10-11,16-20,30H2. The van der Waals surface area contributed by atoms with Crippen molar-refractivity contribution in [2.45, 2.75) is 45.4 Å². The largest absolute Gasteiger partial charge is 0.488 e. The van der Waals surface area contributed by atoms with Gasteiger partial charge in [-0.05, 0) is 65.4 Å². The van der Waals surface area contributed by atoms with E-state index in [1.54, 1.807) is 0 Å². The molecule has 2 aliphatic rings. The molecule has 0 radical (unpaired) electrons. The van der Waals surface area contributed by atoms with Crippen molar-refractivity contribution >= 4 is 12.2 Å². The van der Waals surface area contributed by atoms with Gasteiger partial charge >= 0.3 is 0 Å². The Morgan fingerprint density at radius 3 is 2.47 bits per heavy atom. The SMILES string of the molecule is NCc1cccc(-c2cc(COc3ccccc3COC=O)cc(N3CC4(CCCC4)C3)c2)c1. The lowest BCUT2D eigenvalue weighted by Gasteiger charge is -2.50. The van der Waals surface area contributed by atoms with E-state index in [9.17, 15) is 4.79 Å². The fourth-order valence-electron chi connectivity index (χ4n) is 5.42. The van der Waals surface area contributed by atoms with Crippen LogP contribution >= 0.6 is 0 Å². The monoisotopic (exact) mass is 456 g/mol. The summed E-state index contributed by atoms with van der Waals surface area (Å²) >= 11 is 0. The Kier molecular flexibility index (Phi) is 6.54. The molecule has 34 heavy (non-hydrogen) atoms. The van der Waals surface area contributed by atoms with Crippen LogP contribution in [0.25, 0.3) is 11.1 Å². The third-order valence-corrected chi connectivity index (χ3v) is 7.23. The molecule has 1 aliphatic carbocycles. The molecular weight excluding hydrogens is 424 g/mol. The van der Waals surface area contributed by atoms with Crippen LogP contribution in [0.5, 0.6) is 5.75 Å². The van der Waals surface area contributed by atoms with E-state index in [2.05, 4.69) is 47.4 Å². The van der Waals surface area contributed by atoms with Gasteiger partial charge in [-0.3, -0.25) is 4.79 Å². The zero-order chi connectivity index (χ0) is 23.4. The number of ether oxygens (including phenoxy) is 2. The first-order valence-electron chi connectivity index (χ1n) is 12.1. The second-order valence-electron chi connectivity index (χ2n) is 9.66. The lowest BCUT2D eigenvalue weighted by atomic mass is 9.78. The molecule has 1 heterocycles. The summed E-state index contributed by atoms with van der Waals surface area (Å²) in [4.78, 5) is 13.2. The first-order valence-corrected chi connectivity index (χ1v) is 12.1. The van der Waals surface area contributed by atoms with Crippen LogP contribution < -0.4 is 15.4 Å². The Labute approximate surface area is 201 Å². The fraction of sp³-hybridized carbons (Fsp3) is 0.345. The zero-order valence-corrected chi connectivity index (χ0v) is 19.5. The van der Waals surface area contributed by atoms with Crippen molar-refractivity contribution in [2.75, 3.05) is 18.0 Å². The van der Waals surface area contributed by atoms with E-state index in [1.165, 1.54) is 42.5 Å². The van der Waals surface area contributed by atoms with Gasteiger partial charge in [0, 0.05) is 36.3 Å². The average Bonchev–Trinajstić information content (AvgIpc) is 3.36. The van der Waals surface area contributed by atoms with Gasteiger partial charge in [-0.25, -0.2) is 0 Å². The molecule has 176 valence electrons. The summed E-state index contributed by atoms with van der Waals surface area (Å²) in [6.45, 7) is 3.92. The number of rotatable bonds is 9. The topological polar surface area (TPSA) is 64.8 Å². The van der Waals surface area contributed by atoms with E-state index in [4.69, 9.17) is 15.2 Å². The van der Waals surface area contributed by atoms with Crippen LogP contribution in [0.15, 0.2) is 66.7 Å². The second-order valence-corrected chi connectivity index (χ2v) is 9.66. The molecule has 1 spiro atoms. The summed E-state index contributed by atoms with van der Waals surface area (Å²) in [6.07, 6.45) is 5.45. The van der Waals surface area contributed by atoms with Gasteiger partial charge in [0.2, 0.25) is 0 Å². The van der Waals surface area contributed by atoms with E-state index in [0.29, 0.717) is 25.0 Å². The van der Waals surface area contributed by atoms with E-state index in [0.717, 1.165) is 35.5 Å². The molecule has 2 fully saturated rings. The molecule has 0 unspecified atom stereocenters. The quantitative estimate of drug-likeness (QED) is 0.434. The highest BCUT2D eigenvalue weighted by atomic mass is 16.5. The molecule has 2 N–H and O–H groups in total. The van der Waals surface area contributed by atoms with Gasteiger partial charge in [0.1, 0.15) is 19.0 Å². The molecule has 3 aromatic carbocycles. The Morgan fingerprint density at radius 2 is 1.68 bits per heavy atom. The molecule has 3 aromatic rings. The maximum atomic E-state index is 10.6. The van der Waals surface area contributed by atoms with Crippen LogP contribution in [0.2, 0.25) is 0 Å². The van der Waals surface area contributed by atoms with Gasteiger partial charge in [-0.1, -0.05) is 49.2 Å². The minimum Gasteiger partial charge on any atom is -0.488 e. The molecule has 5 rings (SSSR count). The number of hydrogen-bond acceptors (Lipinski definition) is 5. The van der Waals surface area contributed by atoms with Crippen molar-refractivity contribution in [3.63, 3.8) is 0 Å². The predicted molar refractivity (Wildman–Crippen MR) is 135 cm³/mol. The number of benzene rings is 3. The molecule has 0 atom stereocenters. The highest BCUT2D eigenvalue weighted by Gasteiger charge is 2.44. The van der Waals surface area contributed by atoms with Crippen molar-refractivity contribution in [2.24, 2.45) is 11.1 Å². The lowest BCUT2D eigenvalue weighted by molar-refractivity contribution is -0.129. The second kappa shape index (κ2) is 9.90. The van der Waals surface area contributed by atoms with Gasteiger partial charge in [0.25, 0.3) is 6.47 Å². The number of hydrogen-bond donors (Lipinski definition) is 1. The molecule has 0 aromatic heterocycles. The zero-order valence-electron chi connectivity index (χ0n) is 19.5. The maximum absolute atomic E-state index is 10.6. The minimum atomic E-state index is 0.201. The molecule has 5 nitrogen and oxygen atoms in total. The molecule has 1 saturated heterocycles. The normalized spacial score (nSPS) is 16.3. The molecule has 1 saturated carbocycles. The molecule has 1 aliphatic heterocycles. The Morgan fingerprint density at radius 1 is 0.882 bits per heavy atom. The van der Waals surface area contributed by atoms with Gasteiger partial charge < -0.3 is 20.1 Å². The first-order chi connectivity index (χ1) is 16.7. The maximum Gasteiger partial charge on any atom is 0.293 e. The highest BCUT2D eigenvalue weighted by molar-refractivity contribution is 5.71. The average molecular weight is 457 g/mol. The van der Waals surface area contributed by atoms with Gasteiger partial charge in [-0.15, -0.1) is 0 Å². The van der Waals surface area contributed by atoms with Gasteiger partial charge in [0.15, 0.2) is 0 Å².